The molecule has 3 nitrogen and oxygen atoms in total. The number of hydrogen-bond donors (Lipinski definition) is 1. The number of benzene rings is 1. The quantitative estimate of drug-likeness (QED) is 0.807. The van der Waals surface area contributed by atoms with Crippen molar-refractivity contribution in [2.24, 2.45) is 5.73 Å². The highest BCUT2D eigenvalue weighted by molar-refractivity contribution is 5.76. The molecular weight excluding hydrogens is 188 g/mol. The molecule has 0 aliphatic carbocycles. The summed E-state index contributed by atoms with van der Waals surface area (Å²) in [5, 5.41) is 8.81. The van der Waals surface area contributed by atoms with Crippen LogP contribution in [0.25, 0.3) is 6.08 Å². The van der Waals surface area contributed by atoms with Crippen LogP contribution in [0.3, 0.4) is 0 Å². The molecule has 0 atom stereocenters. The van der Waals surface area contributed by atoms with Gasteiger partial charge in [0.2, 0.25) is 5.91 Å². The summed E-state index contributed by atoms with van der Waals surface area (Å²) in [5.41, 5.74) is 7.49. The minimum Gasteiger partial charge on any atom is -0.369 e. The molecule has 0 unspecified atom stereocenters. The standard InChI is InChI=1S/C12H12N2O/c1-9-5-6-10(7-11(9)8-13)3-2-4-12(14)15/h2-3,5-7H,4H2,1H3,(H2,14,15). The number of hydrogen-bond acceptors (Lipinski definition) is 2. The molecule has 3 heteroatoms. The maximum Gasteiger partial charge on any atom is 0.221 e. The molecule has 2 N–H and O–H groups in total. The molecule has 15 heavy (non-hydrogen) atoms. The Morgan fingerprint density at radius 2 is 2.33 bits per heavy atom. The Balaban J connectivity index is 2.84. The second-order valence-electron chi connectivity index (χ2n) is 3.26. The van der Waals surface area contributed by atoms with Crippen LogP contribution in [-0.4, -0.2) is 5.91 Å². The van der Waals surface area contributed by atoms with E-state index < -0.39 is 0 Å². The van der Waals surface area contributed by atoms with Gasteiger partial charge >= 0.3 is 0 Å². The molecule has 0 spiro atoms. The minimum atomic E-state index is -0.362. The van der Waals surface area contributed by atoms with Gasteiger partial charge in [0, 0.05) is 6.42 Å². The van der Waals surface area contributed by atoms with Crippen molar-refractivity contribution in [1.29, 1.82) is 5.26 Å². The predicted molar refractivity (Wildman–Crippen MR) is 58.7 cm³/mol. The van der Waals surface area contributed by atoms with Crippen LogP contribution in [0, 0.1) is 18.3 Å². The van der Waals surface area contributed by atoms with E-state index in [4.69, 9.17) is 11.0 Å². The van der Waals surface area contributed by atoms with Crippen molar-refractivity contribution in [2.45, 2.75) is 13.3 Å². The summed E-state index contributed by atoms with van der Waals surface area (Å²) in [7, 11) is 0. The van der Waals surface area contributed by atoms with Crippen molar-refractivity contribution in [3.05, 3.63) is 41.0 Å². The SMILES string of the molecule is Cc1ccc(C=CCC(N)=O)cc1C#N. The number of aryl methyl sites for hydroxylation is 1. The third-order valence-corrected chi connectivity index (χ3v) is 2.01. The number of nitrogens with zero attached hydrogens (tertiary/aromatic N) is 1. The lowest BCUT2D eigenvalue weighted by atomic mass is 10.1. The van der Waals surface area contributed by atoms with Crippen molar-refractivity contribution >= 4 is 12.0 Å². The van der Waals surface area contributed by atoms with Crippen molar-refractivity contribution in [1.82, 2.24) is 0 Å². The van der Waals surface area contributed by atoms with Crippen LogP contribution < -0.4 is 5.73 Å². The van der Waals surface area contributed by atoms with Gasteiger partial charge in [0.05, 0.1) is 11.6 Å². The third kappa shape index (κ3) is 3.28. The van der Waals surface area contributed by atoms with Gasteiger partial charge in [-0.2, -0.15) is 5.26 Å². The van der Waals surface area contributed by atoms with Crippen molar-refractivity contribution in [3.8, 4) is 6.07 Å². The number of nitriles is 1. The summed E-state index contributed by atoms with van der Waals surface area (Å²) in [4.78, 5) is 10.5. The fourth-order valence-corrected chi connectivity index (χ4v) is 1.17. The maximum atomic E-state index is 10.5. The van der Waals surface area contributed by atoms with E-state index in [0.29, 0.717) is 5.56 Å². The van der Waals surface area contributed by atoms with Crippen molar-refractivity contribution in [2.75, 3.05) is 0 Å². The molecule has 0 aliphatic rings. The molecule has 1 amide bonds. The predicted octanol–water partition coefficient (Wildman–Crippen LogP) is 1.76. The van der Waals surface area contributed by atoms with Gasteiger partial charge in [-0.05, 0) is 24.1 Å². The van der Waals surface area contributed by atoms with E-state index in [2.05, 4.69) is 6.07 Å². The first-order valence-corrected chi connectivity index (χ1v) is 4.59. The zero-order valence-electron chi connectivity index (χ0n) is 8.53. The highest BCUT2D eigenvalue weighted by Crippen LogP contribution is 2.11. The second kappa shape index (κ2) is 4.97. The largest absolute Gasteiger partial charge is 0.369 e. The zero-order chi connectivity index (χ0) is 11.3. The van der Waals surface area contributed by atoms with E-state index in [-0.39, 0.29) is 12.3 Å². The topological polar surface area (TPSA) is 66.9 Å². The van der Waals surface area contributed by atoms with Crippen molar-refractivity contribution < 1.29 is 4.79 Å². The van der Waals surface area contributed by atoms with Gasteiger partial charge in [0.1, 0.15) is 0 Å². The van der Waals surface area contributed by atoms with Crippen LogP contribution in [0.2, 0.25) is 0 Å². The summed E-state index contributed by atoms with van der Waals surface area (Å²) in [5.74, 6) is -0.362. The van der Waals surface area contributed by atoms with Crippen LogP contribution in [-0.2, 0) is 4.79 Å². The Bertz CT molecular complexity index is 441. The van der Waals surface area contributed by atoms with Crippen LogP contribution in [0.5, 0.6) is 0 Å². The minimum absolute atomic E-state index is 0.218. The first-order valence-electron chi connectivity index (χ1n) is 4.59. The van der Waals surface area contributed by atoms with E-state index in [1.54, 1.807) is 18.2 Å². The van der Waals surface area contributed by atoms with Crippen LogP contribution in [0.4, 0.5) is 0 Å². The van der Waals surface area contributed by atoms with E-state index in [9.17, 15) is 4.79 Å². The maximum absolute atomic E-state index is 10.5. The number of primary amides is 1. The average Bonchev–Trinajstić information content (AvgIpc) is 2.20. The first kappa shape index (κ1) is 11.0. The molecule has 0 aliphatic heterocycles. The fraction of sp³-hybridized carbons (Fsp3) is 0.167. The van der Waals surface area contributed by atoms with Gasteiger partial charge in [-0.25, -0.2) is 0 Å². The van der Waals surface area contributed by atoms with Crippen LogP contribution in [0.1, 0.15) is 23.1 Å². The van der Waals surface area contributed by atoms with Crippen LogP contribution >= 0.6 is 0 Å². The lowest BCUT2D eigenvalue weighted by Crippen LogP contribution is -2.07. The zero-order valence-corrected chi connectivity index (χ0v) is 8.53. The smallest absolute Gasteiger partial charge is 0.221 e. The molecular formula is C12H12N2O. The first-order chi connectivity index (χ1) is 7.13. The molecule has 0 heterocycles. The summed E-state index contributed by atoms with van der Waals surface area (Å²) < 4.78 is 0. The Morgan fingerprint density at radius 3 is 2.93 bits per heavy atom. The fourth-order valence-electron chi connectivity index (χ4n) is 1.17. The summed E-state index contributed by atoms with van der Waals surface area (Å²) >= 11 is 0. The van der Waals surface area contributed by atoms with Gasteiger partial charge in [-0.15, -0.1) is 0 Å². The molecule has 0 bridgehead atoms. The number of amides is 1. The monoisotopic (exact) mass is 200 g/mol. The Morgan fingerprint density at radius 1 is 1.60 bits per heavy atom. The lowest BCUT2D eigenvalue weighted by Gasteiger charge is -1.98. The number of carbonyl (C=O) groups excluding carboxylic acids is 1. The molecule has 1 rings (SSSR count). The van der Waals surface area contributed by atoms with Gasteiger partial charge in [-0.1, -0.05) is 24.3 Å². The Labute approximate surface area is 88.8 Å². The van der Waals surface area contributed by atoms with Crippen LogP contribution in [0.15, 0.2) is 24.3 Å². The Kier molecular flexibility index (Phi) is 3.64. The lowest BCUT2D eigenvalue weighted by molar-refractivity contribution is -0.117. The van der Waals surface area contributed by atoms with E-state index >= 15 is 0 Å². The van der Waals surface area contributed by atoms with E-state index in [0.717, 1.165) is 11.1 Å². The summed E-state index contributed by atoms with van der Waals surface area (Å²) in [6.45, 7) is 1.88. The van der Waals surface area contributed by atoms with Gasteiger partial charge in [0.25, 0.3) is 0 Å². The highest BCUT2D eigenvalue weighted by Gasteiger charge is 1.96. The molecule has 1 aromatic rings. The summed E-state index contributed by atoms with van der Waals surface area (Å²) in [6.07, 6.45) is 3.69. The second-order valence-corrected chi connectivity index (χ2v) is 3.26. The van der Waals surface area contributed by atoms with E-state index in [1.165, 1.54) is 0 Å². The number of carbonyl (C=O) groups is 1. The van der Waals surface area contributed by atoms with Crippen molar-refractivity contribution in [3.63, 3.8) is 0 Å². The molecule has 0 aromatic heterocycles. The highest BCUT2D eigenvalue weighted by atomic mass is 16.1. The average molecular weight is 200 g/mol. The van der Waals surface area contributed by atoms with Gasteiger partial charge in [0.15, 0.2) is 0 Å². The third-order valence-electron chi connectivity index (χ3n) is 2.01. The van der Waals surface area contributed by atoms with Gasteiger partial charge in [-0.3, -0.25) is 4.79 Å². The molecule has 1 aromatic carbocycles. The van der Waals surface area contributed by atoms with E-state index in [1.807, 2.05) is 19.1 Å². The normalized spacial score (nSPS) is 10.1. The summed E-state index contributed by atoms with van der Waals surface area (Å²) in [6, 6.07) is 7.67. The number of rotatable bonds is 3. The Hall–Kier alpha value is -2.08. The molecule has 0 saturated carbocycles. The van der Waals surface area contributed by atoms with Gasteiger partial charge < -0.3 is 5.73 Å². The molecule has 0 fully saturated rings. The molecule has 0 saturated heterocycles. The number of nitrogens with two attached hydrogens (primary N) is 1. The molecule has 0 radical (unpaired) electrons. The molecule has 76 valence electrons.